The first-order valence-corrected chi connectivity index (χ1v) is 5.91. The van der Waals surface area contributed by atoms with Gasteiger partial charge in [-0.05, 0) is 23.0 Å². The fraction of sp³-hybridized carbons (Fsp3) is 0.417. The zero-order valence-corrected chi connectivity index (χ0v) is 10.4. The maximum atomic E-state index is 10.7. The van der Waals surface area contributed by atoms with Gasteiger partial charge in [0.05, 0.1) is 0 Å². The minimum absolute atomic E-state index is 0.324. The second-order valence-electron chi connectivity index (χ2n) is 3.94. The van der Waals surface area contributed by atoms with E-state index in [0.29, 0.717) is 18.7 Å². The number of pyridine rings is 1. The van der Waals surface area contributed by atoms with Crippen molar-refractivity contribution in [1.29, 1.82) is 0 Å². The molecule has 0 aliphatic rings. The lowest BCUT2D eigenvalue weighted by Gasteiger charge is -2.10. The zero-order chi connectivity index (χ0) is 13.4. The smallest absolute Gasteiger partial charge is 0.333 e. The van der Waals surface area contributed by atoms with Gasteiger partial charge in [-0.2, -0.15) is 0 Å². The summed E-state index contributed by atoms with van der Waals surface area (Å²) in [4.78, 5) is 14.1. The molecule has 0 atom stereocenters. The van der Waals surface area contributed by atoms with Crippen LogP contribution in [0.4, 0.5) is 0 Å². The summed E-state index contributed by atoms with van der Waals surface area (Å²) in [6, 6.07) is 3.66. The van der Waals surface area contributed by atoms with E-state index < -0.39 is 4.92 Å². The lowest BCUT2D eigenvalue weighted by molar-refractivity contribution is -0.428. The van der Waals surface area contributed by atoms with Crippen LogP contribution in [-0.2, 0) is 6.42 Å². The minimum Gasteiger partial charge on any atom is -0.381 e. The van der Waals surface area contributed by atoms with Gasteiger partial charge in [0.1, 0.15) is 5.70 Å². The molecule has 18 heavy (non-hydrogen) atoms. The summed E-state index contributed by atoms with van der Waals surface area (Å²) in [7, 11) is 0. The molecule has 0 aliphatic heterocycles. The normalized spacial score (nSPS) is 11.8. The Bertz CT molecular complexity index is 417. The predicted octanol–water partition coefficient (Wildman–Crippen LogP) is 1.42. The van der Waals surface area contributed by atoms with E-state index in [-0.39, 0.29) is 5.82 Å². The number of hydrogen-bond acceptors (Lipinski definition) is 5. The molecule has 98 valence electrons. The average Bonchev–Trinajstić information content (AvgIpc) is 2.38. The number of unbranched alkanes of at least 4 members (excludes halogenated alkanes) is 1. The second kappa shape index (κ2) is 7.26. The van der Waals surface area contributed by atoms with Crippen LogP contribution < -0.4 is 11.1 Å². The Morgan fingerprint density at radius 2 is 2.39 bits per heavy atom. The van der Waals surface area contributed by atoms with E-state index in [1.807, 2.05) is 6.07 Å². The standard InChI is InChI=1S/C12H18N4O2/c1-2-3-7-15-11(12(13)16(17)18)8-10-5-4-6-14-9-10/h4-6,9,15H,2-3,7-8,13H2,1H3. The van der Waals surface area contributed by atoms with Crippen LogP contribution in [-0.4, -0.2) is 16.5 Å². The number of nitro groups is 1. The third-order valence-corrected chi connectivity index (χ3v) is 2.48. The minimum atomic E-state index is -0.565. The molecule has 6 heteroatoms. The monoisotopic (exact) mass is 250 g/mol. The maximum absolute atomic E-state index is 10.7. The van der Waals surface area contributed by atoms with Crippen molar-refractivity contribution in [3.63, 3.8) is 0 Å². The third kappa shape index (κ3) is 4.40. The Kier molecular flexibility index (Phi) is 5.63. The van der Waals surface area contributed by atoms with Gasteiger partial charge in [-0.3, -0.25) is 10.7 Å². The summed E-state index contributed by atoms with van der Waals surface area (Å²) < 4.78 is 0. The van der Waals surface area contributed by atoms with E-state index in [9.17, 15) is 10.1 Å². The summed E-state index contributed by atoms with van der Waals surface area (Å²) in [6.45, 7) is 2.74. The molecule has 3 N–H and O–H groups in total. The number of rotatable bonds is 7. The van der Waals surface area contributed by atoms with Gasteiger partial charge in [0.2, 0.25) is 0 Å². The molecule has 6 nitrogen and oxygen atoms in total. The molecule has 0 saturated heterocycles. The average molecular weight is 250 g/mol. The number of allylic oxidation sites excluding steroid dienone is 1. The Morgan fingerprint density at radius 1 is 1.61 bits per heavy atom. The van der Waals surface area contributed by atoms with Crippen molar-refractivity contribution in [1.82, 2.24) is 10.3 Å². The van der Waals surface area contributed by atoms with Crippen molar-refractivity contribution in [3.8, 4) is 0 Å². The fourth-order valence-corrected chi connectivity index (χ4v) is 1.48. The summed E-state index contributed by atoms with van der Waals surface area (Å²) in [5, 5.41) is 13.8. The van der Waals surface area contributed by atoms with E-state index in [4.69, 9.17) is 5.73 Å². The highest BCUT2D eigenvalue weighted by atomic mass is 16.6. The van der Waals surface area contributed by atoms with Gasteiger partial charge in [-0.1, -0.05) is 19.4 Å². The van der Waals surface area contributed by atoms with Crippen LogP contribution in [0, 0.1) is 10.1 Å². The zero-order valence-electron chi connectivity index (χ0n) is 10.4. The molecule has 0 spiro atoms. The molecule has 0 fully saturated rings. The number of aromatic nitrogens is 1. The molecule has 0 amide bonds. The molecule has 0 saturated carbocycles. The Labute approximate surface area is 106 Å². The third-order valence-electron chi connectivity index (χ3n) is 2.48. The van der Waals surface area contributed by atoms with Crippen molar-refractivity contribution in [2.24, 2.45) is 5.73 Å². The predicted molar refractivity (Wildman–Crippen MR) is 69.1 cm³/mol. The molecule has 0 bridgehead atoms. The van der Waals surface area contributed by atoms with Crippen LogP contribution in [0.15, 0.2) is 36.0 Å². The van der Waals surface area contributed by atoms with E-state index in [1.54, 1.807) is 18.5 Å². The number of nitrogens with zero attached hydrogens (tertiary/aromatic N) is 2. The van der Waals surface area contributed by atoms with E-state index >= 15 is 0 Å². The molecule has 0 aromatic carbocycles. The van der Waals surface area contributed by atoms with Gasteiger partial charge in [-0.15, -0.1) is 0 Å². The summed E-state index contributed by atoms with van der Waals surface area (Å²) in [5.41, 5.74) is 6.82. The number of nitrogens with one attached hydrogen (secondary N) is 1. The lowest BCUT2D eigenvalue weighted by atomic mass is 10.1. The Hall–Kier alpha value is -2.11. The molecule has 1 heterocycles. The number of hydrogen-bond donors (Lipinski definition) is 2. The van der Waals surface area contributed by atoms with Crippen molar-refractivity contribution in [2.45, 2.75) is 26.2 Å². The van der Waals surface area contributed by atoms with Gasteiger partial charge in [-0.25, -0.2) is 0 Å². The second-order valence-corrected chi connectivity index (χ2v) is 3.94. The molecule has 1 rings (SSSR count). The molecule has 0 aliphatic carbocycles. The largest absolute Gasteiger partial charge is 0.381 e. The van der Waals surface area contributed by atoms with Crippen LogP contribution >= 0.6 is 0 Å². The first kappa shape index (κ1) is 14.0. The highest BCUT2D eigenvalue weighted by Crippen LogP contribution is 2.07. The molecule has 0 unspecified atom stereocenters. The Balaban J connectivity index is 2.78. The summed E-state index contributed by atoms with van der Waals surface area (Å²) >= 11 is 0. The van der Waals surface area contributed by atoms with Crippen LogP contribution in [0.1, 0.15) is 25.3 Å². The lowest BCUT2D eigenvalue weighted by Crippen LogP contribution is -2.24. The SMILES string of the molecule is CCCCNC(Cc1cccnc1)=C(N)[N+](=O)[O-]. The van der Waals surface area contributed by atoms with Gasteiger partial charge < -0.3 is 15.4 Å². The molecular weight excluding hydrogens is 232 g/mol. The first-order chi connectivity index (χ1) is 8.65. The topological polar surface area (TPSA) is 94.1 Å². The highest BCUT2D eigenvalue weighted by molar-refractivity contribution is 5.18. The van der Waals surface area contributed by atoms with Gasteiger partial charge in [0, 0.05) is 25.4 Å². The van der Waals surface area contributed by atoms with Crippen LogP contribution in [0.25, 0.3) is 0 Å². The molecule has 0 radical (unpaired) electrons. The van der Waals surface area contributed by atoms with Gasteiger partial charge in [0.25, 0.3) is 0 Å². The maximum Gasteiger partial charge on any atom is 0.333 e. The van der Waals surface area contributed by atoms with E-state index in [0.717, 1.165) is 18.4 Å². The van der Waals surface area contributed by atoms with Crippen molar-refractivity contribution in [3.05, 3.63) is 51.7 Å². The van der Waals surface area contributed by atoms with Gasteiger partial charge in [0.15, 0.2) is 0 Å². The van der Waals surface area contributed by atoms with Crippen molar-refractivity contribution < 1.29 is 4.92 Å². The van der Waals surface area contributed by atoms with Crippen LogP contribution in [0.5, 0.6) is 0 Å². The van der Waals surface area contributed by atoms with Crippen LogP contribution in [0.3, 0.4) is 0 Å². The first-order valence-electron chi connectivity index (χ1n) is 5.91. The van der Waals surface area contributed by atoms with Crippen molar-refractivity contribution >= 4 is 0 Å². The number of nitrogens with two attached hydrogens (primary N) is 1. The quantitative estimate of drug-likeness (QED) is 0.433. The Morgan fingerprint density at radius 3 is 2.94 bits per heavy atom. The van der Waals surface area contributed by atoms with Gasteiger partial charge >= 0.3 is 5.82 Å². The fourth-order valence-electron chi connectivity index (χ4n) is 1.48. The highest BCUT2D eigenvalue weighted by Gasteiger charge is 2.12. The summed E-state index contributed by atoms with van der Waals surface area (Å²) in [6.07, 6.45) is 5.69. The molecule has 1 aromatic rings. The van der Waals surface area contributed by atoms with E-state index in [2.05, 4.69) is 17.2 Å². The molecule has 1 aromatic heterocycles. The molecular formula is C12H18N4O2. The van der Waals surface area contributed by atoms with Crippen molar-refractivity contribution in [2.75, 3.05) is 6.54 Å². The summed E-state index contributed by atoms with van der Waals surface area (Å²) in [5.74, 6) is -0.324. The van der Waals surface area contributed by atoms with Crippen LogP contribution in [0.2, 0.25) is 0 Å². The van der Waals surface area contributed by atoms with E-state index in [1.165, 1.54) is 0 Å².